The maximum atomic E-state index is 13.1. The van der Waals surface area contributed by atoms with Gasteiger partial charge in [-0.1, -0.05) is 20.3 Å². The standard InChI is InChI=1S/C21H33N7O8/c1-3-10(2)17(23)20(34)27-13(6-11-8-24-9-25-11)19(33)26-12(4-5-15(22)29)18(32)28-14(21(35)36)7-16(30)31/h8-10,12-14,17H,3-7,23H2,1-2H3,(H2,22,29)(H,24,25)(H,26,33)(H,27,34)(H,28,32)(H,30,31)(H,35,36). The first-order chi connectivity index (χ1) is 16.8. The van der Waals surface area contributed by atoms with Crippen molar-refractivity contribution in [3.63, 3.8) is 0 Å². The number of hydrogen-bond acceptors (Lipinski definition) is 8. The Labute approximate surface area is 206 Å². The van der Waals surface area contributed by atoms with Crippen LogP contribution in [0.2, 0.25) is 0 Å². The minimum Gasteiger partial charge on any atom is -0.481 e. The quantitative estimate of drug-likeness (QED) is 0.117. The minimum atomic E-state index is -1.78. The van der Waals surface area contributed by atoms with Gasteiger partial charge in [-0.2, -0.15) is 0 Å². The van der Waals surface area contributed by atoms with Crippen LogP contribution in [-0.4, -0.2) is 79.9 Å². The van der Waals surface area contributed by atoms with Crippen LogP contribution in [0.15, 0.2) is 12.5 Å². The first kappa shape index (κ1) is 30.0. The van der Waals surface area contributed by atoms with E-state index in [1.54, 1.807) is 6.92 Å². The summed E-state index contributed by atoms with van der Waals surface area (Å²) in [7, 11) is 0. The molecule has 5 unspecified atom stereocenters. The van der Waals surface area contributed by atoms with Crippen LogP contribution in [-0.2, 0) is 35.2 Å². The van der Waals surface area contributed by atoms with Crippen molar-refractivity contribution in [2.24, 2.45) is 17.4 Å². The van der Waals surface area contributed by atoms with Crippen molar-refractivity contribution in [1.29, 1.82) is 0 Å². The van der Waals surface area contributed by atoms with Gasteiger partial charge < -0.3 is 42.6 Å². The first-order valence-electron chi connectivity index (χ1n) is 11.2. The van der Waals surface area contributed by atoms with Gasteiger partial charge in [-0.3, -0.25) is 24.0 Å². The fraction of sp³-hybridized carbons (Fsp3) is 0.571. The number of nitrogens with zero attached hydrogens (tertiary/aromatic N) is 1. The maximum Gasteiger partial charge on any atom is 0.326 e. The lowest BCUT2D eigenvalue weighted by Gasteiger charge is -2.25. The normalized spacial score (nSPS) is 15.0. The lowest BCUT2D eigenvalue weighted by Crippen LogP contribution is -2.58. The van der Waals surface area contributed by atoms with E-state index in [1.807, 2.05) is 12.2 Å². The summed E-state index contributed by atoms with van der Waals surface area (Å²) >= 11 is 0. The van der Waals surface area contributed by atoms with Crippen molar-refractivity contribution < 1.29 is 39.0 Å². The molecule has 0 aliphatic rings. The second kappa shape index (κ2) is 14.4. The number of carbonyl (C=O) groups excluding carboxylic acids is 4. The number of aliphatic carboxylic acids is 2. The zero-order valence-electron chi connectivity index (χ0n) is 20.0. The number of primary amides is 1. The number of aromatic amines is 1. The van der Waals surface area contributed by atoms with E-state index in [9.17, 15) is 33.9 Å². The average molecular weight is 512 g/mol. The van der Waals surface area contributed by atoms with Crippen molar-refractivity contribution in [3.8, 4) is 0 Å². The van der Waals surface area contributed by atoms with Gasteiger partial charge in [0.25, 0.3) is 0 Å². The molecule has 1 aromatic rings. The lowest BCUT2D eigenvalue weighted by molar-refractivity contribution is -0.147. The van der Waals surface area contributed by atoms with Crippen LogP contribution in [0.3, 0.4) is 0 Å². The molecule has 15 heteroatoms. The molecule has 1 aromatic heterocycles. The average Bonchev–Trinajstić information content (AvgIpc) is 3.32. The number of H-pyrrole nitrogens is 1. The van der Waals surface area contributed by atoms with Crippen molar-refractivity contribution in [1.82, 2.24) is 25.9 Å². The van der Waals surface area contributed by atoms with Gasteiger partial charge in [-0.05, 0) is 12.3 Å². The van der Waals surface area contributed by atoms with Crippen molar-refractivity contribution in [2.45, 2.75) is 70.1 Å². The number of hydrogen-bond donors (Lipinski definition) is 8. The summed E-state index contributed by atoms with van der Waals surface area (Å²) in [4.78, 5) is 78.7. The van der Waals surface area contributed by atoms with Crippen molar-refractivity contribution in [3.05, 3.63) is 18.2 Å². The molecule has 0 saturated carbocycles. The van der Waals surface area contributed by atoms with Crippen molar-refractivity contribution >= 4 is 35.6 Å². The Morgan fingerprint density at radius 3 is 2.08 bits per heavy atom. The van der Waals surface area contributed by atoms with E-state index in [2.05, 4.69) is 20.6 Å². The molecule has 0 aliphatic heterocycles. The predicted octanol–water partition coefficient (Wildman–Crippen LogP) is -2.40. The summed E-state index contributed by atoms with van der Waals surface area (Å²) < 4.78 is 0. The smallest absolute Gasteiger partial charge is 0.326 e. The lowest BCUT2D eigenvalue weighted by atomic mass is 9.98. The molecule has 0 aromatic carbocycles. The summed E-state index contributed by atoms with van der Waals surface area (Å²) in [5, 5.41) is 25.0. The van der Waals surface area contributed by atoms with Crippen LogP contribution in [0.25, 0.3) is 0 Å². The number of carbonyl (C=O) groups is 6. The topological polar surface area (TPSA) is 260 Å². The highest BCUT2D eigenvalue weighted by Gasteiger charge is 2.32. The minimum absolute atomic E-state index is 0.0499. The van der Waals surface area contributed by atoms with Gasteiger partial charge in [0.1, 0.15) is 18.1 Å². The number of carboxylic acids is 2. The Balaban J connectivity index is 3.11. The van der Waals surface area contributed by atoms with E-state index in [1.165, 1.54) is 12.5 Å². The second-order valence-corrected chi connectivity index (χ2v) is 8.32. The zero-order valence-corrected chi connectivity index (χ0v) is 20.0. The monoisotopic (exact) mass is 511 g/mol. The zero-order chi connectivity index (χ0) is 27.4. The number of nitrogens with one attached hydrogen (secondary N) is 4. The van der Waals surface area contributed by atoms with Gasteiger partial charge >= 0.3 is 11.9 Å². The summed E-state index contributed by atoms with van der Waals surface area (Å²) in [6.45, 7) is 3.62. The van der Waals surface area contributed by atoms with E-state index in [-0.39, 0.29) is 25.2 Å². The third-order valence-electron chi connectivity index (χ3n) is 5.48. The predicted molar refractivity (Wildman–Crippen MR) is 124 cm³/mol. The number of amides is 4. The van der Waals surface area contributed by atoms with Gasteiger partial charge in [0, 0.05) is 24.7 Å². The molecule has 0 fully saturated rings. The van der Waals surface area contributed by atoms with Crippen LogP contribution < -0.4 is 27.4 Å². The summed E-state index contributed by atoms with van der Waals surface area (Å²) in [6, 6.07) is -5.36. The van der Waals surface area contributed by atoms with Gasteiger partial charge in [0.15, 0.2) is 0 Å². The Hall–Kier alpha value is -4.01. The highest BCUT2D eigenvalue weighted by molar-refractivity contribution is 5.95. The largest absolute Gasteiger partial charge is 0.481 e. The molecular weight excluding hydrogens is 478 g/mol. The molecule has 15 nitrogen and oxygen atoms in total. The Morgan fingerprint density at radius 1 is 1.00 bits per heavy atom. The van der Waals surface area contributed by atoms with E-state index in [0.29, 0.717) is 12.1 Å². The molecule has 0 saturated heterocycles. The van der Waals surface area contributed by atoms with Gasteiger partial charge in [-0.15, -0.1) is 0 Å². The molecule has 36 heavy (non-hydrogen) atoms. The van der Waals surface area contributed by atoms with Gasteiger partial charge in [0.05, 0.1) is 18.8 Å². The Morgan fingerprint density at radius 2 is 1.58 bits per heavy atom. The number of rotatable bonds is 16. The molecular formula is C21H33N7O8. The SMILES string of the molecule is CCC(C)C(N)C(=O)NC(Cc1cnc[nH]1)C(=O)NC(CCC(N)=O)C(=O)NC(CC(=O)O)C(=O)O. The summed E-state index contributed by atoms with van der Waals surface area (Å²) in [5.41, 5.74) is 11.6. The molecule has 0 radical (unpaired) electrons. The molecule has 200 valence electrons. The molecule has 10 N–H and O–H groups in total. The van der Waals surface area contributed by atoms with E-state index < -0.39 is 66.2 Å². The molecule has 5 atom stereocenters. The number of nitrogens with two attached hydrogens (primary N) is 2. The number of aromatic nitrogens is 2. The molecule has 1 rings (SSSR count). The second-order valence-electron chi connectivity index (χ2n) is 8.32. The molecule has 0 bridgehead atoms. The summed E-state index contributed by atoms with van der Waals surface area (Å²) in [6.07, 6.45) is 1.81. The van der Waals surface area contributed by atoms with E-state index in [4.69, 9.17) is 16.6 Å². The molecule has 0 aliphatic carbocycles. The van der Waals surface area contributed by atoms with Gasteiger partial charge in [0.2, 0.25) is 23.6 Å². The molecule has 0 spiro atoms. The highest BCUT2D eigenvalue weighted by Crippen LogP contribution is 2.08. The van der Waals surface area contributed by atoms with E-state index in [0.717, 1.165) is 0 Å². The fourth-order valence-electron chi connectivity index (χ4n) is 3.08. The highest BCUT2D eigenvalue weighted by atomic mass is 16.4. The third kappa shape index (κ3) is 10.1. The first-order valence-corrected chi connectivity index (χ1v) is 11.2. The van der Waals surface area contributed by atoms with Crippen LogP contribution in [0.5, 0.6) is 0 Å². The van der Waals surface area contributed by atoms with Crippen LogP contribution in [0, 0.1) is 5.92 Å². The van der Waals surface area contributed by atoms with Gasteiger partial charge in [-0.25, -0.2) is 9.78 Å². The van der Waals surface area contributed by atoms with Crippen LogP contribution >= 0.6 is 0 Å². The van der Waals surface area contributed by atoms with Crippen LogP contribution in [0.4, 0.5) is 0 Å². The number of imidazole rings is 1. The molecule has 1 heterocycles. The fourth-order valence-corrected chi connectivity index (χ4v) is 3.08. The summed E-state index contributed by atoms with van der Waals surface area (Å²) in [5.74, 6) is -6.52. The van der Waals surface area contributed by atoms with Crippen molar-refractivity contribution in [2.75, 3.05) is 0 Å². The third-order valence-corrected chi connectivity index (χ3v) is 5.48. The number of carboxylic acid groups (broad SMARTS) is 2. The maximum absolute atomic E-state index is 13.1. The van der Waals surface area contributed by atoms with Crippen LogP contribution in [0.1, 0.15) is 45.2 Å². The Kier molecular flexibility index (Phi) is 12.0. The van der Waals surface area contributed by atoms with E-state index >= 15 is 0 Å². The Bertz CT molecular complexity index is 937. The molecule has 4 amide bonds.